The molecular weight excluding hydrogens is 699 g/mol. The van der Waals surface area contributed by atoms with E-state index in [1.165, 1.54) is 20.8 Å². The molecule has 22 heteroatoms. The van der Waals surface area contributed by atoms with Crippen molar-refractivity contribution in [1.82, 2.24) is 37.2 Å². The van der Waals surface area contributed by atoms with Crippen molar-refractivity contribution in [2.24, 2.45) is 17.2 Å². The summed E-state index contributed by atoms with van der Waals surface area (Å²) in [5.74, 6) is -7.51. The van der Waals surface area contributed by atoms with Gasteiger partial charge in [-0.05, 0) is 46.0 Å². The predicted molar refractivity (Wildman–Crippen MR) is 189 cm³/mol. The maximum atomic E-state index is 13.6. The van der Waals surface area contributed by atoms with Gasteiger partial charge in [0.2, 0.25) is 41.4 Å². The minimum atomic E-state index is -1.78. The lowest BCUT2D eigenvalue weighted by molar-refractivity contribution is -0.142. The van der Waals surface area contributed by atoms with Gasteiger partial charge in [0, 0.05) is 31.5 Å². The normalized spacial score (nSPS) is 14.0. The number of amides is 7. The van der Waals surface area contributed by atoms with Crippen molar-refractivity contribution in [1.29, 1.82) is 5.41 Å². The van der Waals surface area contributed by atoms with Gasteiger partial charge >= 0.3 is 5.97 Å². The maximum absolute atomic E-state index is 13.6. The number of rotatable bonds is 24. The molecule has 0 saturated heterocycles. The highest BCUT2D eigenvalue weighted by atomic mass is 32.1. The highest BCUT2D eigenvalue weighted by molar-refractivity contribution is 7.80. The number of nitrogens with two attached hydrogens (primary N) is 3. The molecule has 0 aliphatic carbocycles. The molecule has 0 radical (unpaired) electrons. The first-order valence-electron chi connectivity index (χ1n) is 15.6. The lowest BCUT2D eigenvalue weighted by atomic mass is 10.0. The van der Waals surface area contributed by atoms with E-state index in [1.54, 1.807) is 0 Å². The number of carbonyl (C=O) groups excluding carboxylic acids is 7. The van der Waals surface area contributed by atoms with E-state index in [1.807, 2.05) is 0 Å². The summed E-state index contributed by atoms with van der Waals surface area (Å²) in [4.78, 5) is 99.8. The Morgan fingerprint density at radius 3 is 1.76 bits per heavy atom. The van der Waals surface area contributed by atoms with E-state index in [0.717, 1.165) is 0 Å². The number of primary amides is 1. The summed E-state index contributed by atoms with van der Waals surface area (Å²) in [6, 6.07) is -6.51. The largest absolute Gasteiger partial charge is 0.480 e. The molecule has 0 saturated carbocycles. The summed E-state index contributed by atoms with van der Waals surface area (Å²) >= 11 is 7.87. The summed E-state index contributed by atoms with van der Waals surface area (Å²) in [6.07, 6.45) is 0.466. The van der Waals surface area contributed by atoms with E-state index in [9.17, 15) is 43.5 Å². The quantitative estimate of drug-likeness (QED) is 0.0192. The fourth-order valence-electron chi connectivity index (χ4n) is 4.10. The van der Waals surface area contributed by atoms with Crippen LogP contribution in [0.4, 0.5) is 0 Å². The fourth-order valence-corrected chi connectivity index (χ4v) is 4.51. The Hall–Kier alpha value is -4.31. The Kier molecular flexibility index (Phi) is 21.2. The van der Waals surface area contributed by atoms with Gasteiger partial charge in [-0.15, -0.1) is 0 Å². The Morgan fingerprint density at radius 2 is 1.24 bits per heavy atom. The molecule has 0 aromatic carbocycles. The molecule has 50 heavy (non-hydrogen) atoms. The molecule has 0 fully saturated rings. The second-order valence-electron chi connectivity index (χ2n) is 11.8. The van der Waals surface area contributed by atoms with Crippen LogP contribution in [0.25, 0.3) is 0 Å². The minimum absolute atomic E-state index is 0.00861. The molecule has 20 nitrogen and oxygen atoms in total. The molecule has 0 aromatic rings. The minimum Gasteiger partial charge on any atom is -0.480 e. The molecule has 0 aliphatic heterocycles. The van der Waals surface area contributed by atoms with Crippen molar-refractivity contribution < 1.29 is 43.5 Å². The van der Waals surface area contributed by atoms with Crippen LogP contribution < -0.4 is 54.4 Å². The van der Waals surface area contributed by atoms with Crippen molar-refractivity contribution >= 4 is 78.5 Å². The van der Waals surface area contributed by atoms with E-state index >= 15 is 0 Å². The number of unbranched alkanes of at least 4 members (excludes halogenated alkanes) is 1. The van der Waals surface area contributed by atoms with Gasteiger partial charge in [0.25, 0.3) is 0 Å². The van der Waals surface area contributed by atoms with Crippen LogP contribution in [0.1, 0.15) is 59.3 Å². The van der Waals surface area contributed by atoms with Gasteiger partial charge in [0.15, 0.2) is 5.96 Å². The summed E-state index contributed by atoms with van der Waals surface area (Å²) in [5.41, 5.74) is 14.5. The summed E-state index contributed by atoms with van der Waals surface area (Å²) in [6.45, 7) is 4.39. The Labute approximate surface area is 301 Å². The molecule has 0 spiro atoms. The Balaban J connectivity index is 6.06. The van der Waals surface area contributed by atoms with Crippen LogP contribution in [-0.4, -0.2) is 119 Å². The van der Waals surface area contributed by atoms with Gasteiger partial charge in [-0.3, -0.25) is 39.0 Å². The predicted octanol–water partition coefficient (Wildman–Crippen LogP) is -4.46. The van der Waals surface area contributed by atoms with E-state index in [2.05, 4.69) is 62.5 Å². The smallest absolute Gasteiger partial charge is 0.327 e. The number of hydrogen-bond acceptors (Lipinski definition) is 12. The number of carboxylic acids is 1. The molecule has 5 atom stereocenters. The number of carboxylic acid groups (broad SMARTS) is 1. The molecule has 0 aromatic heterocycles. The Morgan fingerprint density at radius 1 is 0.720 bits per heavy atom. The molecule has 0 rings (SSSR count). The second kappa shape index (κ2) is 23.2. The van der Waals surface area contributed by atoms with Gasteiger partial charge in [0.1, 0.15) is 29.7 Å². The zero-order valence-corrected chi connectivity index (χ0v) is 30.1. The number of carbonyl (C=O) groups is 8. The van der Waals surface area contributed by atoms with Crippen LogP contribution in [0.15, 0.2) is 0 Å². The summed E-state index contributed by atoms with van der Waals surface area (Å²) < 4.78 is 0. The average molecular weight is 750 g/mol. The van der Waals surface area contributed by atoms with E-state index in [0.29, 0.717) is 19.4 Å². The first kappa shape index (κ1) is 45.7. The van der Waals surface area contributed by atoms with Gasteiger partial charge in [-0.25, -0.2) is 4.79 Å². The van der Waals surface area contributed by atoms with E-state index in [4.69, 9.17) is 22.6 Å². The van der Waals surface area contributed by atoms with Crippen LogP contribution in [0.3, 0.4) is 0 Å². The third-order valence-corrected chi connectivity index (χ3v) is 7.66. The molecule has 0 heterocycles. The average Bonchev–Trinajstić information content (AvgIpc) is 3.02. The highest BCUT2D eigenvalue weighted by Gasteiger charge is 2.37. The number of thiol groups is 2. The van der Waals surface area contributed by atoms with Crippen LogP contribution in [0, 0.1) is 5.41 Å². The molecular formula is C28H51N11O9S2. The third-order valence-electron chi connectivity index (χ3n) is 6.91. The number of hydrogen-bond donors (Lipinski definition) is 14. The molecule has 7 amide bonds. The molecule has 284 valence electrons. The second-order valence-corrected chi connectivity index (χ2v) is 12.5. The zero-order chi connectivity index (χ0) is 38.6. The molecule has 15 N–H and O–H groups in total. The SMILES string of the molecule is CC(=O)NCCCC[C@H](NC(=O)[C@@H](N)CS)C(=O)N[C@@H](CCCNC(=N)N)C(=O)NC(C)(C)C(=O)N[C@@H](CC(N)=O)C(=O)N[C@@H](CS)C(=O)O. The van der Waals surface area contributed by atoms with Gasteiger partial charge < -0.3 is 59.5 Å². The Bertz CT molecular complexity index is 1240. The van der Waals surface area contributed by atoms with Gasteiger partial charge in [-0.2, -0.15) is 25.3 Å². The van der Waals surface area contributed by atoms with E-state index < -0.39 is 83.6 Å². The molecule has 0 bridgehead atoms. The third kappa shape index (κ3) is 18.5. The van der Waals surface area contributed by atoms with E-state index in [-0.39, 0.29) is 49.2 Å². The van der Waals surface area contributed by atoms with Crippen molar-refractivity contribution in [2.75, 3.05) is 24.6 Å². The zero-order valence-electron chi connectivity index (χ0n) is 28.3. The topological polar surface area (TPSA) is 343 Å². The lowest BCUT2D eigenvalue weighted by Gasteiger charge is -2.30. The summed E-state index contributed by atoms with van der Waals surface area (Å²) in [5, 5.41) is 33.8. The van der Waals surface area contributed by atoms with Crippen molar-refractivity contribution in [2.45, 2.75) is 95.0 Å². The highest BCUT2D eigenvalue weighted by Crippen LogP contribution is 2.09. The van der Waals surface area contributed by atoms with Crippen LogP contribution >= 0.6 is 25.3 Å². The monoisotopic (exact) mass is 749 g/mol. The number of aliphatic carboxylic acids is 1. The van der Waals surface area contributed by atoms with Crippen molar-refractivity contribution in [3.63, 3.8) is 0 Å². The molecule has 0 aliphatic rings. The van der Waals surface area contributed by atoms with Crippen LogP contribution in [-0.2, 0) is 38.4 Å². The maximum Gasteiger partial charge on any atom is 0.327 e. The first-order valence-corrected chi connectivity index (χ1v) is 16.9. The number of guanidine groups is 1. The van der Waals surface area contributed by atoms with Crippen LogP contribution in [0.2, 0.25) is 0 Å². The van der Waals surface area contributed by atoms with Gasteiger partial charge in [0.05, 0.1) is 12.5 Å². The standard InChI is InChI=1S/C28H51N11O9S2/c1-14(40)33-9-5-4-7-16(35-21(42)15(29)12-49)22(43)36-17(8-6-10-34-27(31)32)24(45)39-28(2,3)26(48)38-18(11-20(30)41)23(44)37-19(13-50)25(46)47/h15-19,49-50H,4-13,29H2,1-3H3,(H2,30,41)(H,33,40)(H,35,42)(H,36,43)(H,37,44)(H,38,48)(H,39,45)(H,46,47)(H4,31,32,34)/t15-,16-,17-,18-,19-/m0/s1. The lowest BCUT2D eigenvalue weighted by Crippen LogP contribution is -2.63. The molecule has 0 unspecified atom stereocenters. The number of nitrogens with one attached hydrogen (secondary N) is 8. The van der Waals surface area contributed by atoms with Crippen molar-refractivity contribution in [3.05, 3.63) is 0 Å². The summed E-state index contributed by atoms with van der Waals surface area (Å²) in [7, 11) is 0. The van der Waals surface area contributed by atoms with Crippen molar-refractivity contribution in [3.8, 4) is 0 Å². The fraction of sp³-hybridized carbons (Fsp3) is 0.679. The van der Waals surface area contributed by atoms with Gasteiger partial charge in [-0.1, -0.05) is 0 Å². The first-order chi connectivity index (χ1) is 23.2. The van der Waals surface area contributed by atoms with Crippen LogP contribution in [0.5, 0.6) is 0 Å².